The molecule has 3 aromatic rings. The SMILES string of the molecule is Cc1cc2cc(C(=O)NCCn3cnnc3C)oc2cc1C. The monoisotopic (exact) mass is 298 g/mol. The van der Waals surface area contributed by atoms with Crippen LogP contribution in [0.2, 0.25) is 0 Å². The molecular weight excluding hydrogens is 280 g/mol. The van der Waals surface area contributed by atoms with E-state index >= 15 is 0 Å². The van der Waals surface area contributed by atoms with Crippen molar-refractivity contribution in [3.63, 3.8) is 0 Å². The summed E-state index contributed by atoms with van der Waals surface area (Å²) in [5.41, 5.74) is 3.07. The van der Waals surface area contributed by atoms with Crippen LogP contribution < -0.4 is 5.32 Å². The Hall–Kier alpha value is -2.63. The maximum Gasteiger partial charge on any atom is 0.287 e. The van der Waals surface area contributed by atoms with E-state index < -0.39 is 0 Å². The van der Waals surface area contributed by atoms with Gasteiger partial charge in [-0.15, -0.1) is 10.2 Å². The zero-order valence-corrected chi connectivity index (χ0v) is 12.9. The van der Waals surface area contributed by atoms with Crippen molar-refractivity contribution in [3.8, 4) is 0 Å². The fourth-order valence-corrected chi connectivity index (χ4v) is 2.32. The summed E-state index contributed by atoms with van der Waals surface area (Å²) in [6, 6.07) is 5.77. The lowest BCUT2D eigenvalue weighted by molar-refractivity contribution is 0.0926. The third-order valence-electron chi connectivity index (χ3n) is 3.80. The van der Waals surface area contributed by atoms with Crippen molar-refractivity contribution in [2.75, 3.05) is 6.54 Å². The first kappa shape index (κ1) is 14.3. The van der Waals surface area contributed by atoms with Crippen LogP contribution in [0.4, 0.5) is 0 Å². The number of rotatable bonds is 4. The van der Waals surface area contributed by atoms with E-state index in [0.717, 1.165) is 22.4 Å². The Morgan fingerprint density at radius 3 is 2.73 bits per heavy atom. The lowest BCUT2D eigenvalue weighted by Gasteiger charge is -2.04. The van der Waals surface area contributed by atoms with E-state index in [-0.39, 0.29) is 5.91 Å². The predicted molar refractivity (Wildman–Crippen MR) is 82.8 cm³/mol. The van der Waals surface area contributed by atoms with Gasteiger partial charge in [-0.1, -0.05) is 0 Å². The second kappa shape index (κ2) is 5.63. The zero-order chi connectivity index (χ0) is 15.7. The Bertz CT molecular complexity index is 793. The predicted octanol–water partition coefficient (Wildman–Crippen LogP) is 2.38. The number of carbonyl (C=O) groups is 1. The van der Waals surface area contributed by atoms with Gasteiger partial charge in [0.05, 0.1) is 0 Å². The van der Waals surface area contributed by atoms with E-state index in [1.165, 1.54) is 5.56 Å². The number of aromatic nitrogens is 3. The fourth-order valence-electron chi connectivity index (χ4n) is 2.32. The molecule has 0 radical (unpaired) electrons. The molecule has 0 bridgehead atoms. The van der Waals surface area contributed by atoms with Crippen LogP contribution >= 0.6 is 0 Å². The number of hydrogen-bond acceptors (Lipinski definition) is 4. The molecule has 0 aliphatic carbocycles. The Balaban J connectivity index is 1.68. The molecule has 1 N–H and O–H groups in total. The number of furan rings is 1. The van der Waals surface area contributed by atoms with E-state index in [1.54, 1.807) is 12.4 Å². The summed E-state index contributed by atoms with van der Waals surface area (Å²) in [5.74, 6) is 0.946. The van der Waals surface area contributed by atoms with Crippen LogP contribution in [0.25, 0.3) is 11.0 Å². The molecule has 6 nitrogen and oxygen atoms in total. The molecule has 2 heterocycles. The summed E-state index contributed by atoms with van der Waals surface area (Å²) >= 11 is 0. The molecule has 3 rings (SSSR count). The summed E-state index contributed by atoms with van der Waals surface area (Å²) in [4.78, 5) is 12.2. The lowest BCUT2D eigenvalue weighted by Crippen LogP contribution is -2.27. The maximum atomic E-state index is 12.2. The van der Waals surface area contributed by atoms with Crippen molar-refractivity contribution in [3.05, 3.63) is 47.2 Å². The van der Waals surface area contributed by atoms with Gasteiger partial charge in [-0.05, 0) is 50.1 Å². The molecule has 0 unspecified atom stereocenters. The topological polar surface area (TPSA) is 73.0 Å². The van der Waals surface area contributed by atoms with Crippen LogP contribution in [0.15, 0.2) is 28.9 Å². The molecule has 22 heavy (non-hydrogen) atoms. The molecule has 0 aliphatic heterocycles. The number of aryl methyl sites for hydroxylation is 3. The average Bonchev–Trinajstić information content (AvgIpc) is 3.06. The highest BCUT2D eigenvalue weighted by Crippen LogP contribution is 2.23. The maximum absolute atomic E-state index is 12.2. The minimum Gasteiger partial charge on any atom is -0.451 e. The Morgan fingerprint density at radius 2 is 2.00 bits per heavy atom. The van der Waals surface area contributed by atoms with E-state index in [1.807, 2.05) is 37.5 Å². The number of fused-ring (bicyclic) bond motifs is 1. The Kier molecular flexibility index (Phi) is 3.66. The van der Waals surface area contributed by atoms with Gasteiger partial charge in [0.25, 0.3) is 5.91 Å². The third kappa shape index (κ3) is 2.72. The average molecular weight is 298 g/mol. The van der Waals surface area contributed by atoms with Gasteiger partial charge in [-0.3, -0.25) is 4.79 Å². The van der Waals surface area contributed by atoms with Gasteiger partial charge in [0.1, 0.15) is 17.7 Å². The van der Waals surface area contributed by atoms with Crippen LogP contribution in [0.1, 0.15) is 27.5 Å². The number of benzene rings is 1. The molecule has 0 atom stereocenters. The molecular formula is C16H18N4O2. The Morgan fingerprint density at radius 1 is 1.23 bits per heavy atom. The van der Waals surface area contributed by atoms with Crippen LogP contribution in [-0.4, -0.2) is 27.2 Å². The molecule has 0 fully saturated rings. The third-order valence-corrected chi connectivity index (χ3v) is 3.80. The normalized spacial score (nSPS) is 11.0. The first-order chi connectivity index (χ1) is 10.5. The largest absolute Gasteiger partial charge is 0.451 e. The van der Waals surface area contributed by atoms with Crippen LogP contribution in [0.5, 0.6) is 0 Å². The standard InChI is InChI=1S/C16H18N4O2/c1-10-6-13-8-15(22-14(13)7-11(10)2)16(21)17-4-5-20-9-18-19-12(20)3/h6-9H,4-5H2,1-3H3,(H,17,21). The van der Waals surface area contributed by atoms with Crippen molar-refractivity contribution in [2.24, 2.45) is 0 Å². The number of nitrogens with one attached hydrogen (secondary N) is 1. The van der Waals surface area contributed by atoms with Gasteiger partial charge >= 0.3 is 0 Å². The molecule has 0 aliphatic rings. The van der Waals surface area contributed by atoms with Crippen molar-refractivity contribution >= 4 is 16.9 Å². The molecule has 6 heteroatoms. The molecule has 114 valence electrons. The van der Waals surface area contributed by atoms with Crippen molar-refractivity contribution in [1.29, 1.82) is 0 Å². The number of hydrogen-bond donors (Lipinski definition) is 1. The van der Waals surface area contributed by atoms with E-state index in [0.29, 0.717) is 18.8 Å². The van der Waals surface area contributed by atoms with Crippen molar-refractivity contribution < 1.29 is 9.21 Å². The molecule has 0 spiro atoms. The highest BCUT2D eigenvalue weighted by molar-refractivity contribution is 5.96. The molecule has 2 aromatic heterocycles. The van der Waals surface area contributed by atoms with Gasteiger partial charge < -0.3 is 14.3 Å². The lowest BCUT2D eigenvalue weighted by atomic mass is 10.1. The number of nitrogens with zero attached hydrogens (tertiary/aromatic N) is 3. The summed E-state index contributed by atoms with van der Waals surface area (Å²) in [7, 11) is 0. The number of amides is 1. The highest BCUT2D eigenvalue weighted by Gasteiger charge is 2.12. The van der Waals surface area contributed by atoms with E-state index in [4.69, 9.17) is 4.42 Å². The van der Waals surface area contributed by atoms with Crippen molar-refractivity contribution in [1.82, 2.24) is 20.1 Å². The zero-order valence-electron chi connectivity index (χ0n) is 12.9. The summed E-state index contributed by atoms with van der Waals surface area (Å²) in [5, 5.41) is 11.5. The van der Waals surface area contributed by atoms with Crippen LogP contribution in [-0.2, 0) is 6.54 Å². The minimum absolute atomic E-state index is 0.211. The summed E-state index contributed by atoms with van der Waals surface area (Å²) in [6.45, 7) is 7.07. The molecule has 1 aromatic carbocycles. The van der Waals surface area contributed by atoms with E-state index in [9.17, 15) is 4.79 Å². The number of carbonyl (C=O) groups excluding carboxylic acids is 1. The minimum atomic E-state index is -0.211. The van der Waals surface area contributed by atoms with Gasteiger partial charge in [0, 0.05) is 18.5 Å². The summed E-state index contributed by atoms with van der Waals surface area (Å²) in [6.07, 6.45) is 1.65. The molecule has 0 saturated carbocycles. The molecule has 0 saturated heterocycles. The van der Waals surface area contributed by atoms with Gasteiger partial charge in [-0.2, -0.15) is 0 Å². The van der Waals surface area contributed by atoms with Crippen LogP contribution in [0.3, 0.4) is 0 Å². The Labute approximate surface area is 128 Å². The summed E-state index contributed by atoms with van der Waals surface area (Å²) < 4.78 is 7.51. The smallest absolute Gasteiger partial charge is 0.287 e. The van der Waals surface area contributed by atoms with Crippen LogP contribution in [0, 0.1) is 20.8 Å². The quantitative estimate of drug-likeness (QED) is 0.802. The van der Waals surface area contributed by atoms with Gasteiger partial charge in [0.15, 0.2) is 5.76 Å². The van der Waals surface area contributed by atoms with Gasteiger partial charge in [-0.25, -0.2) is 0 Å². The first-order valence-electron chi connectivity index (χ1n) is 7.18. The molecule has 1 amide bonds. The van der Waals surface area contributed by atoms with Gasteiger partial charge in [0.2, 0.25) is 0 Å². The first-order valence-corrected chi connectivity index (χ1v) is 7.18. The van der Waals surface area contributed by atoms with Crippen molar-refractivity contribution in [2.45, 2.75) is 27.3 Å². The highest BCUT2D eigenvalue weighted by atomic mass is 16.3. The fraction of sp³-hybridized carbons (Fsp3) is 0.312. The van der Waals surface area contributed by atoms with E-state index in [2.05, 4.69) is 15.5 Å². The second-order valence-electron chi connectivity index (χ2n) is 5.41. The second-order valence-corrected chi connectivity index (χ2v) is 5.41.